The maximum Gasteiger partial charge on any atom is 0.143 e. The van der Waals surface area contributed by atoms with E-state index < -0.39 is 0 Å². The van der Waals surface area contributed by atoms with Gasteiger partial charge in [0.25, 0.3) is 0 Å². The highest BCUT2D eigenvalue weighted by atomic mass is 16.3. The number of furan rings is 1. The van der Waals surface area contributed by atoms with Gasteiger partial charge in [-0.25, -0.2) is 0 Å². The Labute approximate surface area is 350 Å². The van der Waals surface area contributed by atoms with Crippen molar-refractivity contribution in [1.82, 2.24) is 0 Å². The van der Waals surface area contributed by atoms with E-state index in [-0.39, 0.29) is 21.7 Å². The van der Waals surface area contributed by atoms with Gasteiger partial charge >= 0.3 is 0 Å². The quantitative estimate of drug-likeness (QED) is 0.177. The molecule has 0 fully saturated rings. The molecule has 1 aromatic heterocycles. The van der Waals surface area contributed by atoms with Crippen LogP contribution in [0.4, 0.5) is 17.1 Å². The summed E-state index contributed by atoms with van der Waals surface area (Å²) in [6, 6.07) is 50.6. The van der Waals surface area contributed by atoms with E-state index in [9.17, 15) is 0 Å². The fourth-order valence-electron chi connectivity index (χ4n) is 10.3. The third-order valence-electron chi connectivity index (χ3n) is 13.6. The molecule has 0 radical (unpaired) electrons. The summed E-state index contributed by atoms with van der Waals surface area (Å²) in [7, 11) is 0. The van der Waals surface area contributed by atoms with Gasteiger partial charge in [0.05, 0.1) is 5.69 Å². The zero-order valence-electron chi connectivity index (χ0n) is 36.6. The number of rotatable bonds is 4. The van der Waals surface area contributed by atoms with Gasteiger partial charge in [-0.1, -0.05) is 172 Å². The first-order valence-electron chi connectivity index (χ1n) is 21.3. The molecular formula is C57H55NO. The summed E-state index contributed by atoms with van der Waals surface area (Å²) in [5.41, 5.74) is 21.9. The van der Waals surface area contributed by atoms with Gasteiger partial charge in [-0.3, -0.25) is 0 Å². The Kier molecular flexibility index (Phi) is 7.97. The molecule has 0 saturated carbocycles. The summed E-state index contributed by atoms with van der Waals surface area (Å²) in [5.74, 6) is 0. The minimum atomic E-state index is -0.171. The number of hydrogen-bond donors (Lipinski definition) is 0. The molecule has 2 heteroatoms. The molecule has 59 heavy (non-hydrogen) atoms. The highest BCUT2D eigenvalue weighted by molar-refractivity contribution is 6.11. The molecule has 7 aromatic carbocycles. The molecule has 0 N–H and O–H groups in total. The second-order valence-corrected chi connectivity index (χ2v) is 20.3. The van der Waals surface area contributed by atoms with Crippen molar-refractivity contribution in [2.75, 3.05) is 4.90 Å². The van der Waals surface area contributed by atoms with E-state index in [1.165, 1.54) is 61.2 Å². The van der Waals surface area contributed by atoms with Crippen molar-refractivity contribution in [3.8, 4) is 33.4 Å². The van der Waals surface area contributed by atoms with E-state index in [1.807, 2.05) is 0 Å². The number of benzene rings is 7. The van der Waals surface area contributed by atoms with Crippen molar-refractivity contribution in [2.24, 2.45) is 0 Å². The fourth-order valence-corrected chi connectivity index (χ4v) is 10.3. The molecule has 1 heterocycles. The molecule has 0 spiro atoms. The molecule has 0 saturated heterocycles. The predicted octanol–water partition coefficient (Wildman–Crippen LogP) is 16.2. The molecule has 2 aliphatic carbocycles. The SMILES string of the molecule is Cc1ccc(-c2cccc3c2oc2c(C(C)(C)C)cccc23)c(N(c2ccc3c(c2)C(C)(C)c2ccccc2-3)c2ccc3c(c2)C(C)(C)c2cc(C(C)(C)C)ccc2-3)c1. The van der Waals surface area contributed by atoms with Crippen LogP contribution in [0.5, 0.6) is 0 Å². The number of para-hydroxylation sites is 2. The standard InChI is InChI=1S/C57H55NO/c1-34-22-26-42(43-17-14-18-44-45-19-15-21-47(55(5,6)7)53(45)59-52(43)44)51(30-34)58(36-24-28-40-38-16-12-13-20-46(38)56(8,9)49(40)32-36)37-25-29-41-39-27-23-35(54(2,3)4)31-48(39)57(10,11)50(41)33-37/h12-33H,1-11H3. The molecule has 2 nitrogen and oxygen atoms in total. The van der Waals surface area contributed by atoms with E-state index in [0.717, 1.165) is 50.1 Å². The van der Waals surface area contributed by atoms with Crippen LogP contribution in [-0.2, 0) is 21.7 Å². The lowest BCUT2D eigenvalue weighted by Crippen LogP contribution is -2.19. The van der Waals surface area contributed by atoms with Crippen LogP contribution in [-0.4, -0.2) is 0 Å². The second-order valence-electron chi connectivity index (χ2n) is 20.3. The number of hydrogen-bond acceptors (Lipinski definition) is 2. The van der Waals surface area contributed by atoms with E-state index in [1.54, 1.807) is 0 Å². The van der Waals surface area contributed by atoms with E-state index in [0.29, 0.717) is 0 Å². The molecule has 0 aliphatic heterocycles. The largest absolute Gasteiger partial charge is 0.455 e. The molecule has 0 atom stereocenters. The molecule has 0 amide bonds. The Morgan fingerprint density at radius 3 is 1.61 bits per heavy atom. The van der Waals surface area contributed by atoms with Crippen molar-refractivity contribution in [3.05, 3.63) is 172 Å². The number of nitrogens with zero attached hydrogens (tertiary/aromatic N) is 1. The van der Waals surface area contributed by atoms with Gasteiger partial charge in [0.2, 0.25) is 0 Å². The summed E-state index contributed by atoms with van der Waals surface area (Å²) in [6.07, 6.45) is 0. The van der Waals surface area contributed by atoms with Crippen LogP contribution >= 0.6 is 0 Å². The summed E-state index contributed by atoms with van der Waals surface area (Å²) < 4.78 is 7.03. The summed E-state index contributed by atoms with van der Waals surface area (Å²) in [5, 5.41) is 2.31. The van der Waals surface area contributed by atoms with Gasteiger partial charge in [-0.15, -0.1) is 0 Å². The summed E-state index contributed by atoms with van der Waals surface area (Å²) in [4.78, 5) is 2.52. The third-order valence-corrected chi connectivity index (χ3v) is 13.6. The Hall–Kier alpha value is -5.86. The lowest BCUT2D eigenvalue weighted by atomic mass is 9.79. The first kappa shape index (κ1) is 37.4. The van der Waals surface area contributed by atoms with Crippen molar-refractivity contribution < 1.29 is 4.42 Å². The monoisotopic (exact) mass is 769 g/mol. The number of fused-ring (bicyclic) bond motifs is 9. The molecular weight excluding hydrogens is 715 g/mol. The average Bonchev–Trinajstić information content (AvgIpc) is 3.77. The predicted molar refractivity (Wildman–Crippen MR) is 251 cm³/mol. The van der Waals surface area contributed by atoms with Crippen molar-refractivity contribution in [1.29, 1.82) is 0 Å². The summed E-state index contributed by atoms with van der Waals surface area (Å²) in [6.45, 7) is 25.5. The van der Waals surface area contributed by atoms with E-state index in [4.69, 9.17) is 4.42 Å². The fraction of sp³-hybridized carbons (Fsp3) is 0.263. The van der Waals surface area contributed by atoms with Crippen LogP contribution in [0.3, 0.4) is 0 Å². The molecule has 0 bridgehead atoms. The van der Waals surface area contributed by atoms with Crippen LogP contribution < -0.4 is 4.90 Å². The van der Waals surface area contributed by atoms with E-state index >= 15 is 0 Å². The van der Waals surface area contributed by atoms with Gasteiger partial charge in [0.1, 0.15) is 11.2 Å². The topological polar surface area (TPSA) is 16.4 Å². The normalized spacial score (nSPS) is 15.0. The van der Waals surface area contributed by atoms with Gasteiger partial charge in [0, 0.05) is 49.7 Å². The van der Waals surface area contributed by atoms with Crippen molar-refractivity contribution in [3.63, 3.8) is 0 Å². The van der Waals surface area contributed by atoms with Crippen LogP contribution in [0.2, 0.25) is 0 Å². The molecule has 0 unspecified atom stereocenters. The average molecular weight is 770 g/mol. The summed E-state index contributed by atoms with van der Waals surface area (Å²) >= 11 is 0. The molecule has 10 rings (SSSR count). The molecule has 8 aromatic rings. The Bertz CT molecular complexity index is 3030. The van der Waals surface area contributed by atoms with Gasteiger partial charge in [0.15, 0.2) is 0 Å². The maximum absolute atomic E-state index is 7.03. The first-order chi connectivity index (χ1) is 27.9. The Morgan fingerprint density at radius 1 is 0.441 bits per heavy atom. The zero-order valence-corrected chi connectivity index (χ0v) is 36.6. The van der Waals surface area contributed by atoms with E-state index in [2.05, 4.69) is 215 Å². The zero-order chi connectivity index (χ0) is 41.4. The smallest absolute Gasteiger partial charge is 0.143 e. The maximum atomic E-state index is 7.03. The highest BCUT2D eigenvalue weighted by Gasteiger charge is 2.39. The van der Waals surface area contributed by atoms with Gasteiger partial charge < -0.3 is 9.32 Å². The third kappa shape index (κ3) is 5.59. The number of anilines is 3. The second kappa shape index (κ2) is 12.6. The molecule has 2 aliphatic rings. The van der Waals surface area contributed by atoms with Gasteiger partial charge in [-0.05, 0) is 104 Å². The van der Waals surface area contributed by atoms with Crippen LogP contribution in [0, 0.1) is 6.92 Å². The minimum absolute atomic E-state index is 0.0598. The Balaban J connectivity index is 1.22. The first-order valence-corrected chi connectivity index (χ1v) is 21.3. The minimum Gasteiger partial charge on any atom is -0.455 e. The van der Waals surface area contributed by atoms with Gasteiger partial charge in [-0.2, -0.15) is 0 Å². The highest BCUT2D eigenvalue weighted by Crippen LogP contribution is 2.55. The Morgan fingerprint density at radius 2 is 0.966 bits per heavy atom. The molecule has 294 valence electrons. The van der Waals surface area contributed by atoms with Crippen LogP contribution in [0.1, 0.15) is 108 Å². The van der Waals surface area contributed by atoms with Crippen LogP contribution in [0.25, 0.3) is 55.3 Å². The lowest BCUT2D eigenvalue weighted by Gasteiger charge is -2.31. The van der Waals surface area contributed by atoms with Crippen molar-refractivity contribution >= 4 is 39.0 Å². The van der Waals surface area contributed by atoms with Crippen LogP contribution in [0.15, 0.2) is 138 Å². The number of aryl methyl sites for hydroxylation is 1. The van der Waals surface area contributed by atoms with Crippen molar-refractivity contribution in [2.45, 2.75) is 97.8 Å². The lowest BCUT2D eigenvalue weighted by molar-refractivity contribution is 0.573.